The zero-order valence-corrected chi connectivity index (χ0v) is 19.4. The topological polar surface area (TPSA) is 102 Å². The molecule has 178 valence electrons. The number of rotatable bonds is 6. The molecule has 2 atom stereocenters. The normalized spacial score (nSPS) is 20.0. The number of amides is 2. The predicted octanol–water partition coefficient (Wildman–Crippen LogP) is 3.51. The van der Waals surface area contributed by atoms with Crippen molar-refractivity contribution in [3.05, 3.63) is 65.7 Å². The maximum absolute atomic E-state index is 13.3. The lowest BCUT2D eigenvalue weighted by Crippen LogP contribution is -2.41. The number of hydrogen-bond donors (Lipinski definition) is 2. The van der Waals surface area contributed by atoms with Gasteiger partial charge in [-0.1, -0.05) is 29.8 Å². The summed E-state index contributed by atoms with van der Waals surface area (Å²) in [6.07, 6.45) is 7.52. The Morgan fingerprint density at radius 1 is 0.853 bits per heavy atom. The summed E-state index contributed by atoms with van der Waals surface area (Å²) in [5, 5.41) is 17.3. The van der Waals surface area contributed by atoms with E-state index in [1.165, 1.54) is 6.42 Å². The van der Waals surface area contributed by atoms with Crippen LogP contribution in [0.2, 0.25) is 0 Å². The fraction of sp³-hybridized carbons (Fsp3) is 0.370. The number of aryl methyl sites for hydroxylation is 1. The van der Waals surface area contributed by atoms with Gasteiger partial charge in [0.15, 0.2) is 0 Å². The number of carbonyl (C=O) groups is 3. The van der Waals surface area contributed by atoms with Crippen molar-refractivity contribution in [2.24, 2.45) is 11.8 Å². The van der Waals surface area contributed by atoms with Gasteiger partial charge in [0.2, 0.25) is 5.91 Å². The van der Waals surface area contributed by atoms with Crippen molar-refractivity contribution in [1.29, 1.82) is 0 Å². The highest BCUT2D eigenvalue weighted by Gasteiger charge is 2.30. The van der Waals surface area contributed by atoms with Crippen LogP contribution < -0.4 is 20.6 Å². The summed E-state index contributed by atoms with van der Waals surface area (Å²) in [7, 11) is 0. The van der Waals surface area contributed by atoms with Crippen LogP contribution in [0.25, 0.3) is 0 Å². The summed E-state index contributed by atoms with van der Waals surface area (Å²) in [5.41, 5.74) is 3.56. The molecule has 2 aromatic carbocycles. The third-order valence-electron chi connectivity index (χ3n) is 6.59. The summed E-state index contributed by atoms with van der Waals surface area (Å²) >= 11 is 0. The van der Waals surface area contributed by atoms with Crippen LogP contribution in [0.5, 0.6) is 0 Å². The standard InChI is InChI=1S/C27H31N3O4/c1-18-9-11-19(12-10-18)28-26(32)23-17-20(13-14-24(23)30-15-5-2-6-16-30)29-25(31)21-7-3-4-8-22(21)27(33)34/h3-4,9-14,17,21-22H,2,5-8,15-16H2,1H3,(H,28,32)(H,29,31)(H,33,34)/p-1/t21-,22+/m0/s1. The molecule has 0 saturated carbocycles. The van der Waals surface area contributed by atoms with Crippen LogP contribution in [0, 0.1) is 18.8 Å². The van der Waals surface area contributed by atoms with E-state index in [1.807, 2.05) is 43.3 Å². The molecule has 2 N–H and O–H groups in total. The Morgan fingerprint density at radius 2 is 1.50 bits per heavy atom. The second-order valence-electron chi connectivity index (χ2n) is 9.06. The molecule has 0 bridgehead atoms. The average Bonchev–Trinajstić information content (AvgIpc) is 2.86. The highest BCUT2D eigenvalue weighted by molar-refractivity contribution is 6.09. The minimum absolute atomic E-state index is 0.256. The van der Waals surface area contributed by atoms with Gasteiger partial charge in [0.05, 0.1) is 11.5 Å². The fourth-order valence-electron chi connectivity index (χ4n) is 4.64. The monoisotopic (exact) mass is 460 g/mol. The van der Waals surface area contributed by atoms with Crippen molar-refractivity contribution < 1.29 is 19.5 Å². The first-order valence-corrected chi connectivity index (χ1v) is 11.9. The number of nitrogens with one attached hydrogen (secondary N) is 2. The minimum atomic E-state index is -1.22. The number of piperidine rings is 1. The van der Waals surface area contributed by atoms with Crippen molar-refractivity contribution in [1.82, 2.24) is 0 Å². The van der Waals surface area contributed by atoms with E-state index in [1.54, 1.807) is 18.2 Å². The molecule has 7 nitrogen and oxygen atoms in total. The first-order chi connectivity index (χ1) is 16.4. The number of benzene rings is 2. The molecular formula is C27H30N3O4-. The average molecular weight is 461 g/mol. The van der Waals surface area contributed by atoms with Crippen LogP contribution in [0.3, 0.4) is 0 Å². The zero-order chi connectivity index (χ0) is 24.1. The molecule has 2 amide bonds. The molecule has 2 aliphatic rings. The van der Waals surface area contributed by atoms with Gasteiger partial charge in [-0.15, -0.1) is 0 Å². The molecule has 1 heterocycles. The molecule has 1 saturated heterocycles. The van der Waals surface area contributed by atoms with Gasteiger partial charge in [-0.3, -0.25) is 9.59 Å². The molecule has 0 spiro atoms. The lowest BCUT2D eigenvalue weighted by molar-refractivity contribution is -0.313. The van der Waals surface area contributed by atoms with Gasteiger partial charge < -0.3 is 25.4 Å². The zero-order valence-electron chi connectivity index (χ0n) is 19.4. The molecule has 1 aliphatic carbocycles. The first-order valence-electron chi connectivity index (χ1n) is 11.9. The van der Waals surface area contributed by atoms with Crippen LogP contribution in [-0.4, -0.2) is 30.9 Å². The van der Waals surface area contributed by atoms with E-state index in [0.29, 0.717) is 23.4 Å². The van der Waals surface area contributed by atoms with Crippen LogP contribution in [-0.2, 0) is 9.59 Å². The number of anilines is 3. The summed E-state index contributed by atoms with van der Waals surface area (Å²) in [4.78, 5) is 39.9. The summed E-state index contributed by atoms with van der Waals surface area (Å²) in [6.45, 7) is 3.73. The number of allylic oxidation sites excluding steroid dienone is 2. The highest BCUT2D eigenvalue weighted by Crippen LogP contribution is 2.30. The third kappa shape index (κ3) is 5.47. The van der Waals surface area contributed by atoms with Gasteiger partial charge in [0.25, 0.3) is 5.91 Å². The molecule has 0 unspecified atom stereocenters. The van der Waals surface area contributed by atoms with Crippen LogP contribution >= 0.6 is 0 Å². The molecule has 0 aromatic heterocycles. The number of carboxylic acids is 1. The van der Waals surface area contributed by atoms with Crippen molar-refractivity contribution >= 4 is 34.8 Å². The maximum Gasteiger partial charge on any atom is 0.257 e. The van der Waals surface area contributed by atoms with E-state index in [-0.39, 0.29) is 18.2 Å². The summed E-state index contributed by atoms with van der Waals surface area (Å²) < 4.78 is 0. The molecule has 34 heavy (non-hydrogen) atoms. The van der Waals surface area contributed by atoms with E-state index in [9.17, 15) is 19.5 Å². The Bertz CT molecular complexity index is 1090. The Kier molecular flexibility index (Phi) is 7.30. The molecule has 1 aliphatic heterocycles. The van der Waals surface area contributed by atoms with Crippen molar-refractivity contribution in [2.75, 3.05) is 28.6 Å². The van der Waals surface area contributed by atoms with Gasteiger partial charge in [-0.05, 0) is 69.4 Å². The highest BCUT2D eigenvalue weighted by atomic mass is 16.4. The van der Waals surface area contributed by atoms with Crippen molar-refractivity contribution in [3.63, 3.8) is 0 Å². The Morgan fingerprint density at radius 3 is 2.18 bits per heavy atom. The SMILES string of the molecule is Cc1ccc(NC(=O)c2cc(NC(=O)[C@H]3CC=CC[C@H]3C(=O)[O-])ccc2N2CCCCC2)cc1. The number of carboxylic acid groups (broad SMARTS) is 1. The van der Waals surface area contributed by atoms with Gasteiger partial charge >= 0.3 is 0 Å². The van der Waals surface area contributed by atoms with Gasteiger partial charge in [-0.2, -0.15) is 0 Å². The molecule has 7 heteroatoms. The fourth-order valence-corrected chi connectivity index (χ4v) is 4.64. The van der Waals surface area contributed by atoms with Gasteiger partial charge in [0.1, 0.15) is 0 Å². The smallest absolute Gasteiger partial charge is 0.257 e. The van der Waals surface area contributed by atoms with Crippen LogP contribution in [0.15, 0.2) is 54.6 Å². The summed E-state index contributed by atoms with van der Waals surface area (Å²) in [6, 6.07) is 12.9. The van der Waals surface area contributed by atoms with E-state index in [4.69, 9.17) is 0 Å². The van der Waals surface area contributed by atoms with Gasteiger partial charge in [0, 0.05) is 42.0 Å². The van der Waals surface area contributed by atoms with E-state index in [2.05, 4.69) is 15.5 Å². The van der Waals surface area contributed by atoms with Crippen LogP contribution in [0.1, 0.15) is 48.0 Å². The second kappa shape index (κ2) is 10.5. The van der Waals surface area contributed by atoms with E-state index in [0.717, 1.165) is 37.2 Å². The Hall–Kier alpha value is -3.61. The summed E-state index contributed by atoms with van der Waals surface area (Å²) in [5.74, 6) is -3.42. The van der Waals surface area contributed by atoms with E-state index < -0.39 is 17.8 Å². The van der Waals surface area contributed by atoms with Gasteiger partial charge in [-0.25, -0.2) is 0 Å². The number of hydrogen-bond acceptors (Lipinski definition) is 5. The second-order valence-corrected chi connectivity index (χ2v) is 9.06. The minimum Gasteiger partial charge on any atom is -0.550 e. The van der Waals surface area contributed by atoms with E-state index >= 15 is 0 Å². The van der Waals surface area contributed by atoms with Crippen molar-refractivity contribution in [2.45, 2.75) is 39.0 Å². The third-order valence-corrected chi connectivity index (χ3v) is 6.59. The molecule has 0 radical (unpaired) electrons. The number of carbonyl (C=O) groups excluding carboxylic acids is 3. The molecular weight excluding hydrogens is 430 g/mol. The Labute approximate surface area is 199 Å². The molecule has 1 fully saturated rings. The molecule has 2 aromatic rings. The lowest BCUT2D eigenvalue weighted by atomic mass is 9.82. The number of nitrogens with zero attached hydrogens (tertiary/aromatic N) is 1. The maximum atomic E-state index is 13.3. The first kappa shape index (κ1) is 23.5. The quantitative estimate of drug-likeness (QED) is 0.643. The Balaban J connectivity index is 1.59. The number of aliphatic carboxylic acids is 1. The van der Waals surface area contributed by atoms with Crippen LogP contribution in [0.4, 0.5) is 17.1 Å². The predicted molar refractivity (Wildman–Crippen MR) is 131 cm³/mol. The van der Waals surface area contributed by atoms with Crippen molar-refractivity contribution in [3.8, 4) is 0 Å². The molecule has 4 rings (SSSR count). The largest absolute Gasteiger partial charge is 0.550 e. The lowest BCUT2D eigenvalue weighted by Gasteiger charge is -2.31.